The third-order valence-electron chi connectivity index (χ3n) is 3.72. The van der Waals surface area contributed by atoms with Gasteiger partial charge in [0.2, 0.25) is 0 Å². The van der Waals surface area contributed by atoms with E-state index in [1.807, 2.05) is 31.6 Å². The topological polar surface area (TPSA) is 51.8 Å². The first-order valence-corrected chi connectivity index (χ1v) is 6.36. The van der Waals surface area contributed by atoms with Gasteiger partial charge in [-0.05, 0) is 42.5 Å². The predicted octanol–water partition coefficient (Wildman–Crippen LogP) is 2.51. The van der Waals surface area contributed by atoms with Crippen molar-refractivity contribution in [3.05, 3.63) is 59.2 Å². The molecule has 0 aromatic carbocycles. The van der Waals surface area contributed by atoms with Gasteiger partial charge in [0.1, 0.15) is 0 Å². The SMILES string of the molecule is Cc1cncc(C(N)C2CCc3cccnc32)c1. The summed E-state index contributed by atoms with van der Waals surface area (Å²) in [4.78, 5) is 8.74. The molecule has 2 unspecified atom stereocenters. The summed E-state index contributed by atoms with van der Waals surface area (Å²) in [5.41, 5.74) is 11.2. The number of aryl methyl sites for hydroxylation is 2. The van der Waals surface area contributed by atoms with Crippen LogP contribution in [-0.4, -0.2) is 9.97 Å². The van der Waals surface area contributed by atoms with Crippen LogP contribution in [0.1, 0.15) is 40.8 Å². The van der Waals surface area contributed by atoms with Crippen molar-refractivity contribution in [2.75, 3.05) is 0 Å². The Labute approximate surface area is 107 Å². The fourth-order valence-electron chi connectivity index (χ4n) is 2.79. The van der Waals surface area contributed by atoms with Crippen LogP contribution in [0.25, 0.3) is 0 Å². The van der Waals surface area contributed by atoms with Gasteiger partial charge in [-0.25, -0.2) is 0 Å². The molecule has 0 fully saturated rings. The summed E-state index contributed by atoms with van der Waals surface area (Å²) in [6.07, 6.45) is 7.76. The van der Waals surface area contributed by atoms with E-state index in [2.05, 4.69) is 22.1 Å². The second-order valence-corrected chi connectivity index (χ2v) is 5.01. The largest absolute Gasteiger partial charge is 0.323 e. The molecule has 2 heterocycles. The van der Waals surface area contributed by atoms with Gasteiger partial charge in [-0.1, -0.05) is 12.1 Å². The van der Waals surface area contributed by atoms with Crippen molar-refractivity contribution in [1.82, 2.24) is 9.97 Å². The summed E-state index contributed by atoms with van der Waals surface area (Å²) >= 11 is 0. The Morgan fingerprint density at radius 3 is 3.11 bits per heavy atom. The number of hydrogen-bond donors (Lipinski definition) is 1. The predicted molar refractivity (Wildman–Crippen MR) is 71.2 cm³/mol. The zero-order valence-electron chi connectivity index (χ0n) is 10.5. The van der Waals surface area contributed by atoms with Crippen LogP contribution in [0.3, 0.4) is 0 Å². The van der Waals surface area contributed by atoms with Gasteiger partial charge in [0.25, 0.3) is 0 Å². The Morgan fingerprint density at radius 1 is 1.39 bits per heavy atom. The average Bonchev–Trinajstić information content (AvgIpc) is 2.82. The lowest BCUT2D eigenvalue weighted by atomic mass is 9.92. The third-order valence-corrected chi connectivity index (χ3v) is 3.72. The molecule has 0 amide bonds. The van der Waals surface area contributed by atoms with Crippen molar-refractivity contribution in [2.24, 2.45) is 5.73 Å². The van der Waals surface area contributed by atoms with E-state index in [0.29, 0.717) is 5.92 Å². The molecule has 0 radical (unpaired) electrons. The van der Waals surface area contributed by atoms with Gasteiger partial charge in [-0.2, -0.15) is 0 Å². The summed E-state index contributed by atoms with van der Waals surface area (Å²) in [6, 6.07) is 6.27. The van der Waals surface area contributed by atoms with Gasteiger partial charge in [0.05, 0.1) is 0 Å². The van der Waals surface area contributed by atoms with Gasteiger partial charge in [-0.15, -0.1) is 0 Å². The van der Waals surface area contributed by atoms with E-state index < -0.39 is 0 Å². The Kier molecular flexibility index (Phi) is 2.84. The molecule has 3 rings (SSSR count). The molecule has 2 aromatic rings. The summed E-state index contributed by atoms with van der Waals surface area (Å²) < 4.78 is 0. The van der Waals surface area contributed by atoms with Gasteiger partial charge in [0, 0.05) is 36.2 Å². The second-order valence-electron chi connectivity index (χ2n) is 5.01. The fourth-order valence-corrected chi connectivity index (χ4v) is 2.79. The quantitative estimate of drug-likeness (QED) is 0.876. The molecule has 18 heavy (non-hydrogen) atoms. The second kappa shape index (κ2) is 4.50. The number of aromatic nitrogens is 2. The first-order valence-electron chi connectivity index (χ1n) is 6.36. The minimum absolute atomic E-state index is 0.00597. The first-order chi connectivity index (χ1) is 8.75. The highest BCUT2D eigenvalue weighted by atomic mass is 14.8. The van der Waals surface area contributed by atoms with E-state index in [1.165, 1.54) is 11.3 Å². The van der Waals surface area contributed by atoms with Crippen molar-refractivity contribution < 1.29 is 0 Å². The molecule has 0 spiro atoms. The third kappa shape index (κ3) is 1.91. The van der Waals surface area contributed by atoms with Crippen LogP contribution in [0.4, 0.5) is 0 Å². The van der Waals surface area contributed by atoms with E-state index in [1.54, 1.807) is 0 Å². The zero-order valence-corrected chi connectivity index (χ0v) is 10.5. The number of rotatable bonds is 2. The lowest BCUT2D eigenvalue weighted by Gasteiger charge is -2.19. The maximum Gasteiger partial charge on any atom is 0.0485 e. The molecule has 2 atom stereocenters. The molecular formula is C15H17N3. The van der Waals surface area contributed by atoms with Crippen LogP contribution >= 0.6 is 0 Å². The molecule has 1 aliphatic carbocycles. The summed E-state index contributed by atoms with van der Waals surface area (Å²) in [5, 5.41) is 0. The lowest BCUT2D eigenvalue weighted by Crippen LogP contribution is -2.19. The van der Waals surface area contributed by atoms with Crippen LogP contribution < -0.4 is 5.73 Å². The van der Waals surface area contributed by atoms with Gasteiger partial charge < -0.3 is 5.73 Å². The Hall–Kier alpha value is -1.74. The number of fused-ring (bicyclic) bond motifs is 1. The minimum atomic E-state index is -0.00597. The number of nitrogens with two attached hydrogens (primary N) is 1. The highest BCUT2D eigenvalue weighted by molar-refractivity contribution is 5.33. The van der Waals surface area contributed by atoms with Gasteiger partial charge in [0.15, 0.2) is 0 Å². The van der Waals surface area contributed by atoms with E-state index in [0.717, 1.165) is 24.0 Å². The van der Waals surface area contributed by atoms with Crippen molar-refractivity contribution in [1.29, 1.82) is 0 Å². The lowest BCUT2D eigenvalue weighted by molar-refractivity contribution is 0.539. The maximum absolute atomic E-state index is 6.40. The van der Waals surface area contributed by atoms with E-state index in [9.17, 15) is 0 Å². The van der Waals surface area contributed by atoms with E-state index in [4.69, 9.17) is 5.73 Å². The number of hydrogen-bond acceptors (Lipinski definition) is 3. The van der Waals surface area contributed by atoms with Gasteiger partial charge in [-0.3, -0.25) is 9.97 Å². The molecule has 0 bridgehead atoms. The van der Waals surface area contributed by atoms with Crippen molar-refractivity contribution in [3.8, 4) is 0 Å². The van der Waals surface area contributed by atoms with Crippen molar-refractivity contribution in [3.63, 3.8) is 0 Å². The van der Waals surface area contributed by atoms with Gasteiger partial charge >= 0.3 is 0 Å². The summed E-state index contributed by atoms with van der Waals surface area (Å²) in [6.45, 7) is 2.05. The molecule has 2 aromatic heterocycles. The van der Waals surface area contributed by atoms with E-state index in [-0.39, 0.29) is 6.04 Å². The molecule has 2 N–H and O–H groups in total. The van der Waals surface area contributed by atoms with Crippen molar-refractivity contribution >= 4 is 0 Å². The smallest absolute Gasteiger partial charge is 0.0485 e. The first kappa shape index (κ1) is 11.4. The standard InChI is InChI=1S/C15H17N3/c1-10-7-12(9-17-8-10)14(16)13-5-4-11-3-2-6-18-15(11)13/h2-3,6-9,13-14H,4-5,16H2,1H3. The van der Waals surface area contributed by atoms with Crippen LogP contribution in [0.15, 0.2) is 36.8 Å². The van der Waals surface area contributed by atoms with Crippen LogP contribution in [0.2, 0.25) is 0 Å². The summed E-state index contributed by atoms with van der Waals surface area (Å²) in [5.74, 6) is 0.324. The summed E-state index contributed by atoms with van der Waals surface area (Å²) in [7, 11) is 0. The highest BCUT2D eigenvalue weighted by Gasteiger charge is 2.29. The maximum atomic E-state index is 6.40. The number of nitrogens with zero attached hydrogens (tertiary/aromatic N) is 2. The van der Waals surface area contributed by atoms with Crippen LogP contribution in [0.5, 0.6) is 0 Å². The Balaban J connectivity index is 1.93. The molecule has 0 saturated heterocycles. The molecule has 92 valence electrons. The average molecular weight is 239 g/mol. The Morgan fingerprint density at radius 2 is 2.28 bits per heavy atom. The molecule has 3 nitrogen and oxygen atoms in total. The molecule has 0 aliphatic heterocycles. The molecule has 1 aliphatic rings. The van der Waals surface area contributed by atoms with Crippen molar-refractivity contribution in [2.45, 2.75) is 31.7 Å². The monoisotopic (exact) mass is 239 g/mol. The zero-order chi connectivity index (χ0) is 12.5. The minimum Gasteiger partial charge on any atom is -0.323 e. The van der Waals surface area contributed by atoms with Crippen LogP contribution in [0, 0.1) is 6.92 Å². The normalized spacial score (nSPS) is 19.6. The molecule has 3 heteroatoms. The van der Waals surface area contributed by atoms with Crippen LogP contribution in [-0.2, 0) is 6.42 Å². The number of pyridine rings is 2. The highest BCUT2D eigenvalue weighted by Crippen LogP contribution is 2.38. The molecule has 0 saturated carbocycles. The van der Waals surface area contributed by atoms with E-state index >= 15 is 0 Å². The Bertz CT molecular complexity index is 565. The fraction of sp³-hybridized carbons (Fsp3) is 0.333. The molecular weight excluding hydrogens is 222 g/mol.